The van der Waals surface area contributed by atoms with Gasteiger partial charge in [-0.25, -0.2) is 9.37 Å². The van der Waals surface area contributed by atoms with Gasteiger partial charge in [-0.2, -0.15) is 0 Å². The first-order chi connectivity index (χ1) is 11.6. The summed E-state index contributed by atoms with van der Waals surface area (Å²) in [6.07, 6.45) is 5.39. The molecule has 1 fully saturated rings. The Morgan fingerprint density at radius 2 is 2.12 bits per heavy atom. The maximum absolute atomic E-state index is 13.4. The summed E-state index contributed by atoms with van der Waals surface area (Å²) in [5, 5.41) is 3.02. The van der Waals surface area contributed by atoms with Gasteiger partial charge < -0.3 is 19.5 Å². The molecule has 0 aliphatic carbocycles. The number of aryl methyl sites for hydroxylation is 1. The number of nitrogens with one attached hydrogen (secondary N) is 1. The van der Waals surface area contributed by atoms with Gasteiger partial charge in [-0.3, -0.25) is 4.79 Å². The fourth-order valence-corrected chi connectivity index (χ4v) is 2.96. The average molecular weight is 332 g/mol. The normalized spacial score (nSPS) is 15.4. The van der Waals surface area contributed by atoms with Crippen LogP contribution in [0.3, 0.4) is 0 Å². The predicted molar refractivity (Wildman–Crippen MR) is 88.9 cm³/mol. The molecule has 0 unspecified atom stereocenters. The molecular formula is C17H21FN4O2. The SMILES string of the molecule is COc1cc(C(=O)NC2CCN(c3nccn3C)CC2)ccc1F. The van der Waals surface area contributed by atoms with Crippen molar-refractivity contribution < 1.29 is 13.9 Å². The number of halogens is 1. The molecule has 3 rings (SSSR count). The van der Waals surface area contributed by atoms with Crippen molar-refractivity contribution in [2.24, 2.45) is 7.05 Å². The second-order valence-corrected chi connectivity index (χ2v) is 5.92. The maximum Gasteiger partial charge on any atom is 0.251 e. The van der Waals surface area contributed by atoms with Gasteiger partial charge in [-0.1, -0.05) is 0 Å². The van der Waals surface area contributed by atoms with E-state index in [2.05, 4.69) is 15.2 Å². The van der Waals surface area contributed by atoms with Crippen molar-refractivity contribution in [2.45, 2.75) is 18.9 Å². The van der Waals surface area contributed by atoms with Gasteiger partial charge in [-0.05, 0) is 31.0 Å². The molecule has 24 heavy (non-hydrogen) atoms. The van der Waals surface area contributed by atoms with Crippen LogP contribution in [0.4, 0.5) is 10.3 Å². The number of nitrogens with zero attached hydrogens (tertiary/aromatic N) is 3. The van der Waals surface area contributed by atoms with E-state index in [1.165, 1.54) is 25.3 Å². The highest BCUT2D eigenvalue weighted by molar-refractivity contribution is 5.94. The Kier molecular flexibility index (Phi) is 4.69. The summed E-state index contributed by atoms with van der Waals surface area (Å²) in [6, 6.07) is 4.24. The standard InChI is InChI=1S/C17H21FN4O2/c1-21-10-7-19-17(21)22-8-5-13(6-9-22)20-16(23)12-3-4-14(18)15(11-12)24-2/h3-4,7,10-11,13H,5-6,8-9H2,1-2H3,(H,20,23). The summed E-state index contributed by atoms with van der Waals surface area (Å²) in [5.74, 6) is 0.344. The molecule has 0 radical (unpaired) electrons. The van der Waals surface area contributed by atoms with Gasteiger partial charge in [0.15, 0.2) is 11.6 Å². The molecule has 1 N–H and O–H groups in total. The van der Waals surface area contributed by atoms with Gasteiger partial charge in [0, 0.05) is 44.1 Å². The predicted octanol–water partition coefficient (Wildman–Crippen LogP) is 1.97. The first-order valence-electron chi connectivity index (χ1n) is 7.95. The summed E-state index contributed by atoms with van der Waals surface area (Å²) in [6.45, 7) is 1.67. The summed E-state index contributed by atoms with van der Waals surface area (Å²) in [4.78, 5) is 18.9. The first-order valence-corrected chi connectivity index (χ1v) is 7.95. The molecule has 0 atom stereocenters. The Labute approximate surface area is 140 Å². The molecule has 2 heterocycles. The zero-order valence-electron chi connectivity index (χ0n) is 13.8. The van der Waals surface area contributed by atoms with Crippen LogP contribution in [-0.4, -0.2) is 41.7 Å². The highest BCUT2D eigenvalue weighted by Crippen LogP contribution is 2.20. The molecule has 128 valence electrons. The van der Waals surface area contributed by atoms with E-state index in [4.69, 9.17) is 4.74 Å². The third-order valence-corrected chi connectivity index (χ3v) is 4.32. The van der Waals surface area contributed by atoms with Crippen LogP contribution in [0.15, 0.2) is 30.6 Å². The monoisotopic (exact) mass is 332 g/mol. The number of piperidine rings is 1. The molecule has 2 aromatic rings. The smallest absolute Gasteiger partial charge is 0.251 e. The number of ether oxygens (including phenoxy) is 1. The number of imidazole rings is 1. The van der Waals surface area contributed by atoms with Crippen molar-refractivity contribution in [1.29, 1.82) is 0 Å². The van der Waals surface area contributed by atoms with E-state index in [0.29, 0.717) is 5.56 Å². The van der Waals surface area contributed by atoms with Crippen LogP contribution < -0.4 is 15.0 Å². The minimum Gasteiger partial charge on any atom is -0.494 e. The number of benzene rings is 1. The molecular weight excluding hydrogens is 311 g/mol. The van der Waals surface area contributed by atoms with E-state index in [-0.39, 0.29) is 17.7 Å². The van der Waals surface area contributed by atoms with Gasteiger partial charge in [0.05, 0.1) is 7.11 Å². The Morgan fingerprint density at radius 1 is 1.38 bits per heavy atom. The van der Waals surface area contributed by atoms with Crippen molar-refractivity contribution in [3.8, 4) is 5.75 Å². The Morgan fingerprint density at radius 3 is 2.75 bits per heavy atom. The van der Waals surface area contributed by atoms with E-state index in [0.717, 1.165) is 31.9 Å². The lowest BCUT2D eigenvalue weighted by atomic mass is 10.0. The fraction of sp³-hybridized carbons (Fsp3) is 0.412. The quantitative estimate of drug-likeness (QED) is 0.930. The van der Waals surface area contributed by atoms with Crippen LogP contribution in [0.1, 0.15) is 23.2 Å². The number of anilines is 1. The number of amides is 1. The summed E-state index contributed by atoms with van der Waals surface area (Å²) < 4.78 is 20.3. The zero-order valence-corrected chi connectivity index (χ0v) is 13.8. The second-order valence-electron chi connectivity index (χ2n) is 5.92. The van der Waals surface area contributed by atoms with Crippen LogP contribution >= 0.6 is 0 Å². The molecule has 0 spiro atoms. The van der Waals surface area contributed by atoms with Crippen LogP contribution in [0.5, 0.6) is 5.75 Å². The number of carbonyl (C=O) groups is 1. The fourth-order valence-electron chi connectivity index (χ4n) is 2.96. The van der Waals surface area contributed by atoms with E-state index < -0.39 is 5.82 Å². The van der Waals surface area contributed by atoms with Crippen molar-refractivity contribution in [3.63, 3.8) is 0 Å². The van der Waals surface area contributed by atoms with Crippen molar-refractivity contribution in [2.75, 3.05) is 25.1 Å². The minimum atomic E-state index is -0.475. The second kappa shape index (κ2) is 6.90. The third-order valence-electron chi connectivity index (χ3n) is 4.32. The van der Waals surface area contributed by atoms with Gasteiger partial charge >= 0.3 is 0 Å². The molecule has 1 amide bonds. The Bertz CT molecular complexity index is 723. The summed E-state index contributed by atoms with van der Waals surface area (Å²) >= 11 is 0. The minimum absolute atomic E-state index is 0.0762. The summed E-state index contributed by atoms with van der Waals surface area (Å²) in [7, 11) is 3.35. The highest BCUT2D eigenvalue weighted by Gasteiger charge is 2.23. The molecule has 1 aromatic carbocycles. The Balaban J connectivity index is 1.58. The molecule has 7 heteroatoms. The lowest BCUT2D eigenvalue weighted by molar-refractivity contribution is 0.0930. The van der Waals surface area contributed by atoms with E-state index >= 15 is 0 Å². The largest absolute Gasteiger partial charge is 0.494 e. The molecule has 6 nitrogen and oxygen atoms in total. The van der Waals surface area contributed by atoms with E-state index in [1.807, 2.05) is 17.8 Å². The zero-order chi connectivity index (χ0) is 17.1. The van der Waals surface area contributed by atoms with Crippen LogP contribution in [-0.2, 0) is 7.05 Å². The number of aromatic nitrogens is 2. The Hall–Kier alpha value is -2.57. The third kappa shape index (κ3) is 3.34. The van der Waals surface area contributed by atoms with Crippen LogP contribution in [0.25, 0.3) is 0 Å². The lowest BCUT2D eigenvalue weighted by Crippen LogP contribution is -2.45. The van der Waals surface area contributed by atoms with Gasteiger partial charge in [0.25, 0.3) is 5.91 Å². The van der Waals surface area contributed by atoms with E-state index in [1.54, 1.807) is 6.20 Å². The van der Waals surface area contributed by atoms with Crippen molar-refractivity contribution >= 4 is 11.9 Å². The number of rotatable bonds is 4. The molecule has 1 aromatic heterocycles. The van der Waals surface area contributed by atoms with Gasteiger partial charge in [-0.15, -0.1) is 0 Å². The number of methoxy groups -OCH3 is 1. The highest BCUT2D eigenvalue weighted by atomic mass is 19.1. The molecule has 0 saturated carbocycles. The number of carbonyl (C=O) groups excluding carboxylic acids is 1. The average Bonchev–Trinajstić information content (AvgIpc) is 3.02. The van der Waals surface area contributed by atoms with Crippen LogP contribution in [0, 0.1) is 5.82 Å². The van der Waals surface area contributed by atoms with Crippen molar-refractivity contribution in [1.82, 2.24) is 14.9 Å². The van der Waals surface area contributed by atoms with E-state index in [9.17, 15) is 9.18 Å². The molecule has 1 aliphatic rings. The topological polar surface area (TPSA) is 59.4 Å². The summed E-state index contributed by atoms with van der Waals surface area (Å²) in [5.41, 5.74) is 0.403. The van der Waals surface area contributed by atoms with Crippen LogP contribution in [0.2, 0.25) is 0 Å². The first kappa shape index (κ1) is 16.3. The van der Waals surface area contributed by atoms with Crippen molar-refractivity contribution in [3.05, 3.63) is 42.0 Å². The maximum atomic E-state index is 13.4. The lowest BCUT2D eigenvalue weighted by Gasteiger charge is -2.33. The van der Waals surface area contributed by atoms with Gasteiger partial charge in [0.2, 0.25) is 5.95 Å². The molecule has 0 bridgehead atoms. The molecule has 1 saturated heterocycles. The molecule has 1 aliphatic heterocycles. The van der Waals surface area contributed by atoms with Gasteiger partial charge in [0.1, 0.15) is 0 Å². The number of hydrogen-bond acceptors (Lipinski definition) is 4. The number of hydrogen-bond donors (Lipinski definition) is 1.